The second kappa shape index (κ2) is 6.71. The fourth-order valence-electron chi connectivity index (χ4n) is 2.30. The van der Waals surface area contributed by atoms with Gasteiger partial charge in [0.15, 0.2) is 0 Å². The van der Waals surface area contributed by atoms with Crippen LogP contribution in [-0.2, 0) is 4.79 Å². The summed E-state index contributed by atoms with van der Waals surface area (Å²) in [6.45, 7) is 7.18. The van der Waals surface area contributed by atoms with E-state index < -0.39 is 5.54 Å². The summed E-state index contributed by atoms with van der Waals surface area (Å²) in [5, 5.41) is 7.19. The minimum Gasteiger partial charge on any atom is -0.322 e. The normalized spacial score (nSPS) is 16.8. The number of piperazine rings is 1. The molecule has 1 aromatic rings. The molecule has 0 radical (unpaired) electrons. The molecule has 1 heterocycles. The SMILES string of the molecule is CC(C)(C(=O)Nc1c(Cl)cc(Cl)cc1Cl)N1CCNCC1. The van der Waals surface area contributed by atoms with Crippen molar-refractivity contribution in [3.05, 3.63) is 27.2 Å². The standard InChI is InChI=1S/C14H18Cl3N3O/c1-14(2,20-5-3-18-4-6-20)13(21)19-12-10(16)7-9(15)8-11(12)17/h7-8,18H,3-6H2,1-2H3,(H,19,21). The van der Waals surface area contributed by atoms with Gasteiger partial charge in [0.2, 0.25) is 5.91 Å². The maximum Gasteiger partial charge on any atom is 0.244 e. The van der Waals surface area contributed by atoms with Crippen LogP contribution in [0.5, 0.6) is 0 Å². The van der Waals surface area contributed by atoms with Crippen LogP contribution in [-0.4, -0.2) is 42.5 Å². The summed E-state index contributed by atoms with van der Waals surface area (Å²) in [4.78, 5) is 14.7. The molecule has 7 heteroatoms. The maximum absolute atomic E-state index is 12.6. The van der Waals surface area contributed by atoms with Gasteiger partial charge in [-0.2, -0.15) is 0 Å². The van der Waals surface area contributed by atoms with Crippen molar-refractivity contribution in [3.8, 4) is 0 Å². The van der Waals surface area contributed by atoms with Crippen molar-refractivity contribution in [1.29, 1.82) is 0 Å². The Morgan fingerprint density at radius 3 is 2.24 bits per heavy atom. The topological polar surface area (TPSA) is 44.4 Å². The summed E-state index contributed by atoms with van der Waals surface area (Å²) in [6, 6.07) is 3.12. The highest BCUT2D eigenvalue weighted by molar-refractivity contribution is 6.42. The Kier molecular flexibility index (Phi) is 5.38. The second-order valence-electron chi connectivity index (χ2n) is 5.49. The zero-order chi connectivity index (χ0) is 15.6. The Morgan fingerprint density at radius 2 is 1.71 bits per heavy atom. The van der Waals surface area contributed by atoms with Gasteiger partial charge in [-0.25, -0.2) is 0 Å². The summed E-state index contributed by atoms with van der Waals surface area (Å²) >= 11 is 18.1. The summed E-state index contributed by atoms with van der Waals surface area (Å²) in [7, 11) is 0. The Morgan fingerprint density at radius 1 is 1.19 bits per heavy atom. The van der Waals surface area contributed by atoms with E-state index in [9.17, 15) is 4.79 Å². The molecule has 2 rings (SSSR count). The molecule has 1 fully saturated rings. The zero-order valence-corrected chi connectivity index (χ0v) is 14.2. The van der Waals surface area contributed by atoms with Gasteiger partial charge < -0.3 is 10.6 Å². The lowest BCUT2D eigenvalue weighted by Gasteiger charge is -2.39. The lowest BCUT2D eigenvalue weighted by Crippen LogP contribution is -2.58. The molecule has 1 aromatic carbocycles. The molecule has 0 atom stereocenters. The van der Waals surface area contributed by atoms with E-state index in [0.717, 1.165) is 26.2 Å². The number of carbonyl (C=O) groups is 1. The molecule has 0 aliphatic carbocycles. The van der Waals surface area contributed by atoms with Crippen LogP contribution < -0.4 is 10.6 Å². The minimum atomic E-state index is -0.644. The fourth-order valence-corrected chi connectivity index (χ4v) is 3.21. The van der Waals surface area contributed by atoms with E-state index in [-0.39, 0.29) is 5.91 Å². The number of rotatable bonds is 3. The first-order valence-corrected chi connectivity index (χ1v) is 7.87. The van der Waals surface area contributed by atoms with Crippen molar-refractivity contribution in [2.75, 3.05) is 31.5 Å². The fraction of sp³-hybridized carbons (Fsp3) is 0.500. The number of nitrogens with one attached hydrogen (secondary N) is 2. The van der Waals surface area contributed by atoms with Crippen LogP contribution >= 0.6 is 34.8 Å². The smallest absolute Gasteiger partial charge is 0.244 e. The van der Waals surface area contributed by atoms with Crippen LogP contribution in [0.4, 0.5) is 5.69 Å². The van der Waals surface area contributed by atoms with Crippen molar-refractivity contribution in [2.24, 2.45) is 0 Å². The molecular weight excluding hydrogens is 333 g/mol. The quantitative estimate of drug-likeness (QED) is 0.879. The number of amides is 1. The largest absolute Gasteiger partial charge is 0.322 e. The van der Waals surface area contributed by atoms with E-state index in [2.05, 4.69) is 15.5 Å². The van der Waals surface area contributed by atoms with Gasteiger partial charge in [-0.3, -0.25) is 9.69 Å². The van der Waals surface area contributed by atoms with Gasteiger partial charge in [-0.15, -0.1) is 0 Å². The van der Waals surface area contributed by atoms with Gasteiger partial charge in [-0.05, 0) is 26.0 Å². The molecule has 116 valence electrons. The molecule has 0 bridgehead atoms. The molecule has 1 aliphatic heterocycles. The molecule has 0 aromatic heterocycles. The Labute approximate surface area is 139 Å². The van der Waals surface area contributed by atoms with Crippen LogP contribution in [0.3, 0.4) is 0 Å². The number of anilines is 1. The van der Waals surface area contributed by atoms with Crippen molar-refractivity contribution in [2.45, 2.75) is 19.4 Å². The lowest BCUT2D eigenvalue weighted by atomic mass is 10.0. The number of nitrogens with zero attached hydrogens (tertiary/aromatic N) is 1. The summed E-state index contributed by atoms with van der Waals surface area (Å²) in [6.07, 6.45) is 0. The van der Waals surface area contributed by atoms with E-state index in [1.165, 1.54) is 0 Å². The van der Waals surface area contributed by atoms with Gasteiger partial charge in [0.25, 0.3) is 0 Å². The van der Waals surface area contributed by atoms with E-state index in [1.807, 2.05) is 13.8 Å². The van der Waals surface area contributed by atoms with Gasteiger partial charge >= 0.3 is 0 Å². The summed E-state index contributed by atoms with van der Waals surface area (Å²) in [5.41, 5.74) is -0.245. The van der Waals surface area contributed by atoms with Crippen molar-refractivity contribution >= 4 is 46.4 Å². The van der Waals surface area contributed by atoms with Gasteiger partial charge in [0.05, 0.1) is 21.3 Å². The predicted octanol–water partition coefficient (Wildman–Crippen LogP) is 3.27. The summed E-state index contributed by atoms with van der Waals surface area (Å²) < 4.78 is 0. The first-order valence-electron chi connectivity index (χ1n) is 6.74. The molecule has 21 heavy (non-hydrogen) atoms. The molecule has 0 saturated carbocycles. The Balaban J connectivity index is 2.17. The average Bonchev–Trinajstić information content (AvgIpc) is 2.43. The van der Waals surface area contributed by atoms with E-state index >= 15 is 0 Å². The van der Waals surface area contributed by atoms with E-state index in [1.54, 1.807) is 12.1 Å². The Hall–Kier alpha value is -0.520. The van der Waals surface area contributed by atoms with Crippen LogP contribution in [0.2, 0.25) is 15.1 Å². The van der Waals surface area contributed by atoms with Crippen molar-refractivity contribution < 1.29 is 4.79 Å². The highest BCUT2D eigenvalue weighted by atomic mass is 35.5. The zero-order valence-electron chi connectivity index (χ0n) is 12.0. The first kappa shape index (κ1) is 16.8. The van der Waals surface area contributed by atoms with Crippen molar-refractivity contribution in [1.82, 2.24) is 10.2 Å². The predicted molar refractivity (Wildman–Crippen MR) is 88.6 cm³/mol. The molecule has 1 saturated heterocycles. The van der Waals surface area contributed by atoms with Gasteiger partial charge in [-0.1, -0.05) is 34.8 Å². The number of benzene rings is 1. The minimum absolute atomic E-state index is 0.143. The number of hydrogen-bond acceptors (Lipinski definition) is 3. The third-order valence-electron chi connectivity index (χ3n) is 3.71. The molecule has 0 spiro atoms. The van der Waals surface area contributed by atoms with E-state index in [4.69, 9.17) is 34.8 Å². The molecule has 1 amide bonds. The third-order valence-corrected chi connectivity index (χ3v) is 4.52. The highest BCUT2D eigenvalue weighted by Gasteiger charge is 2.35. The van der Waals surface area contributed by atoms with Crippen LogP contribution in [0.15, 0.2) is 12.1 Å². The van der Waals surface area contributed by atoms with Crippen LogP contribution in [0, 0.1) is 0 Å². The number of carbonyl (C=O) groups excluding carboxylic acids is 1. The van der Waals surface area contributed by atoms with Gasteiger partial charge in [0.1, 0.15) is 0 Å². The molecular formula is C14H18Cl3N3O. The van der Waals surface area contributed by atoms with Gasteiger partial charge in [0, 0.05) is 31.2 Å². The number of hydrogen-bond donors (Lipinski definition) is 2. The summed E-state index contributed by atoms with van der Waals surface area (Å²) in [5.74, 6) is -0.143. The second-order valence-corrected chi connectivity index (χ2v) is 6.75. The van der Waals surface area contributed by atoms with Crippen molar-refractivity contribution in [3.63, 3.8) is 0 Å². The Bertz CT molecular complexity index is 519. The van der Waals surface area contributed by atoms with Crippen LogP contribution in [0.25, 0.3) is 0 Å². The van der Waals surface area contributed by atoms with Crippen LogP contribution in [0.1, 0.15) is 13.8 Å². The maximum atomic E-state index is 12.6. The lowest BCUT2D eigenvalue weighted by molar-refractivity contribution is -0.126. The average molecular weight is 351 g/mol. The molecule has 1 aliphatic rings. The highest BCUT2D eigenvalue weighted by Crippen LogP contribution is 2.34. The van der Waals surface area contributed by atoms with E-state index in [0.29, 0.717) is 20.8 Å². The molecule has 0 unspecified atom stereocenters. The number of halogens is 3. The molecule has 2 N–H and O–H groups in total. The monoisotopic (exact) mass is 349 g/mol. The third kappa shape index (κ3) is 3.82. The first-order chi connectivity index (χ1) is 9.82. The molecule has 4 nitrogen and oxygen atoms in total.